The van der Waals surface area contributed by atoms with E-state index in [-0.39, 0.29) is 12.5 Å². The van der Waals surface area contributed by atoms with Crippen molar-refractivity contribution in [2.45, 2.75) is 39.3 Å². The van der Waals surface area contributed by atoms with Crippen molar-refractivity contribution in [1.82, 2.24) is 25.1 Å². The zero-order valence-electron chi connectivity index (χ0n) is 13.4. The van der Waals surface area contributed by atoms with Gasteiger partial charge in [0.1, 0.15) is 18.2 Å². The highest BCUT2D eigenvalue weighted by molar-refractivity contribution is 5.75. The Morgan fingerprint density at radius 1 is 1.26 bits per heavy atom. The van der Waals surface area contributed by atoms with E-state index in [1.54, 1.807) is 23.1 Å². The molecule has 1 amide bonds. The third-order valence-electron chi connectivity index (χ3n) is 3.88. The van der Waals surface area contributed by atoms with Gasteiger partial charge in [0.2, 0.25) is 5.91 Å². The Bertz CT molecular complexity index is 649. The summed E-state index contributed by atoms with van der Waals surface area (Å²) in [5.41, 5.74) is 0.928. The first-order valence-corrected chi connectivity index (χ1v) is 8.04. The van der Waals surface area contributed by atoms with E-state index < -0.39 is 0 Å². The second-order valence-electron chi connectivity index (χ2n) is 5.81. The molecule has 0 spiro atoms. The Labute approximate surface area is 135 Å². The first kappa shape index (κ1) is 15.5. The van der Waals surface area contributed by atoms with Crippen molar-refractivity contribution < 1.29 is 4.79 Å². The Kier molecular flexibility index (Phi) is 4.85. The SMILES string of the molecule is Cc1cc(N2CCCCC2)nc(CNC(=O)Cn2cccn2)n1. The second-order valence-corrected chi connectivity index (χ2v) is 5.81. The van der Waals surface area contributed by atoms with Gasteiger partial charge >= 0.3 is 0 Å². The van der Waals surface area contributed by atoms with Crippen LogP contribution in [-0.4, -0.2) is 38.7 Å². The summed E-state index contributed by atoms with van der Waals surface area (Å²) in [4.78, 5) is 23.2. The van der Waals surface area contributed by atoms with Crippen LogP contribution in [0.25, 0.3) is 0 Å². The van der Waals surface area contributed by atoms with Crippen LogP contribution in [0.5, 0.6) is 0 Å². The number of carbonyl (C=O) groups excluding carboxylic acids is 1. The lowest BCUT2D eigenvalue weighted by Crippen LogP contribution is -2.31. The highest BCUT2D eigenvalue weighted by atomic mass is 16.2. The minimum absolute atomic E-state index is 0.0988. The van der Waals surface area contributed by atoms with Gasteiger partial charge in [-0.1, -0.05) is 0 Å². The fraction of sp³-hybridized carbons (Fsp3) is 0.500. The highest BCUT2D eigenvalue weighted by Crippen LogP contribution is 2.18. The molecule has 0 aromatic carbocycles. The lowest BCUT2D eigenvalue weighted by Gasteiger charge is -2.28. The molecule has 0 atom stereocenters. The molecule has 7 nitrogen and oxygen atoms in total. The zero-order chi connectivity index (χ0) is 16.1. The summed E-state index contributed by atoms with van der Waals surface area (Å²) in [6, 6.07) is 3.81. The largest absolute Gasteiger partial charge is 0.357 e. The summed E-state index contributed by atoms with van der Waals surface area (Å²) < 4.78 is 1.59. The molecule has 1 aliphatic rings. The van der Waals surface area contributed by atoms with Crippen LogP contribution in [0.3, 0.4) is 0 Å². The molecular formula is C16H22N6O. The van der Waals surface area contributed by atoms with Gasteiger partial charge in [0.15, 0.2) is 0 Å². The van der Waals surface area contributed by atoms with Crippen molar-refractivity contribution in [2.24, 2.45) is 0 Å². The summed E-state index contributed by atoms with van der Waals surface area (Å²) in [5, 5.41) is 6.87. The molecule has 7 heteroatoms. The molecule has 0 unspecified atom stereocenters. The van der Waals surface area contributed by atoms with E-state index >= 15 is 0 Å². The van der Waals surface area contributed by atoms with Crippen LogP contribution in [-0.2, 0) is 17.9 Å². The fourth-order valence-corrected chi connectivity index (χ4v) is 2.75. The van der Waals surface area contributed by atoms with Crippen LogP contribution >= 0.6 is 0 Å². The third kappa shape index (κ3) is 4.28. The maximum absolute atomic E-state index is 11.9. The first-order valence-electron chi connectivity index (χ1n) is 8.04. The van der Waals surface area contributed by atoms with Gasteiger partial charge in [-0.3, -0.25) is 9.48 Å². The summed E-state index contributed by atoms with van der Waals surface area (Å²) in [7, 11) is 0. The van der Waals surface area contributed by atoms with E-state index in [0.717, 1.165) is 24.6 Å². The normalized spacial score (nSPS) is 14.7. The van der Waals surface area contributed by atoms with Gasteiger partial charge in [0.05, 0.1) is 6.54 Å². The van der Waals surface area contributed by atoms with E-state index in [2.05, 4.69) is 25.3 Å². The standard InChI is InChI=1S/C16H22N6O/c1-13-10-15(21-7-3-2-4-8-21)20-14(19-13)11-17-16(23)12-22-9-5-6-18-22/h5-6,9-10H,2-4,7-8,11-12H2,1H3,(H,17,23). The van der Waals surface area contributed by atoms with Crippen molar-refractivity contribution in [2.75, 3.05) is 18.0 Å². The van der Waals surface area contributed by atoms with Gasteiger partial charge in [-0.15, -0.1) is 0 Å². The number of hydrogen-bond donors (Lipinski definition) is 1. The minimum Gasteiger partial charge on any atom is -0.357 e. The summed E-state index contributed by atoms with van der Waals surface area (Å²) in [6.45, 7) is 4.59. The fourth-order valence-electron chi connectivity index (χ4n) is 2.75. The van der Waals surface area contributed by atoms with Crippen molar-refractivity contribution in [3.05, 3.63) is 36.0 Å². The van der Waals surface area contributed by atoms with Crippen molar-refractivity contribution in [1.29, 1.82) is 0 Å². The molecule has 0 bridgehead atoms. The lowest BCUT2D eigenvalue weighted by atomic mass is 10.1. The van der Waals surface area contributed by atoms with Crippen molar-refractivity contribution in [3.63, 3.8) is 0 Å². The molecular weight excluding hydrogens is 292 g/mol. The second kappa shape index (κ2) is 7.21. The van der Waals surface area contributed by atoms with E-state index in [1.807, 2.05) is 13.0 Å². The Morgan fingerprint density at radius 3 is 2.83 bits per heavy atom. The zero-order valence-corrected chi connectivity index (χ0v) is 13.4. The van der Waals surface area contributed by atoms with Gasteiger partial charge in [-0.25, -0.2) is 9.97 Å². The monoisotopic (exact) mass is 314 g/mol. The number of aryl methyl sites for hydroxylation is 1. The van der Waals surface area contributed by atoms with Gasteiger partial charge in [-0.2, -0.15) is 5.10 Å². The number of rotatable bonds is 5. The Morgan fingerprint density at radius 2 is 2.09 bits per heavy atom. The minimum atomic E-state index is -0.0988. The van der Waals surface area contributed by atoms with Crippen molar-refractivity contribution >= 4 is 11.7 Å². The average molecular weight is 314 g/mol. The number of amides is 1. The summed E-state index contributed by atoms with van der Waals surface area (Å²) in [5.74, 6) is 1.52. The maximum Gasteiger partial charge on any atom is 0.242 e. The molecule has 0 aliphatic carbocycles. The molecule has 3 rings (SSSR count). The Balaban J connectivity index is 1.60. The number of nitrogens with zero attached hydrogens (tertiary/aromatic N) is 5. The molecule has 1 aliphatic heterocycles. The molecule has 1 N–H and O–H groups in total. The number of carbonyl (C=O) groups is 1. The highest BCUT2D eigenvalue weighted by Gasteiger charge is 2.14. The first-order chi connectivity index (χ1) is 11.2. The van der Waals surface area contributed by atoms with Gasteiger partial charge < -0.3 is 10.2 Å². The maximum atomic E-state index is 11.9. The van der Waals surface area contributed by atoms with E-state index in [4.69, 9.17) is 0 Å². The lowest BCUT2D eigenvalue weighted by molar-refractivity contribution is -0.122. The summed E-state index contributed by atoms with van der Waals surface area (Å²) in [6.07, 6.45) is 7.12. The van der Waals surface area contributed by atoms with Gasteiger partial charge in [0, 0.05) is 37.2 Å². The predicted molar refractivity (Wildman–Crippen MR) is 86.9 cm³/mol. The number of nitrogens with one attached hydrogen (secondary N) is 1. The van der Waals surface area contributed by atoms with Gasteiger partial charge in [0.25, 0.3) is 0 Å². The van der Waals surface area contributed by atoms with Crippen LogP contribution in [0, 0.1) is 6.92 Å². The number of anilines is 1. The molecule has 0 radical (unpaired) electrons. The molecule has 0 saturated carbocycles. The summed E-state index contributed by atoms with van der Waals surface area (Å²) >= 11 is 0. The van der Waals surface area contributed by atoms with Gasteiger partial charge in [-0.05, 0) is 32.3 Å². The average Bonchev–Trinajstić information content (AvgIpc) is 3.06. The van der Waals surface area contributed by atoms with Crippen LogP contribution in [0.4, 0.5) is 5.82 Å². The van der Waals surface area contributed by atoms with Crippen LogP contribution in [0.2, 0.25) is 0 Å². The van der Waals surface area contributed by atoms with E-state index in [9.17, 15) is 4.79 Å². The number of aromatic nitrogens is 4. The third-order valence-corrected chi connectivity index (χ3v) is 3.88. The molecule has 2 aromatic heterocycles. The van der Waals surface area contributed by atoms with Crippen molar-refractivity contribution in [3.8, 4) is 0 Å². The van der Waals surface area contributed by atoms with Crippen LogP contribution < -0.4 is 10.2 Å². The molecule has 1 saturated heterocycles. The predicted octanol–water partition coefficient (Wildman–Crippen LogP) is 1.29. The molecule has 2 aromatic rings. The van der Waals surface area contributed by atoms with E-state index in [0.29, 0.717) is 12.4 Å². The number of hydrogen-bond acceptors (Lipinski definition) is 5. The van der Waals surface area contributed by atoms with E-state index in [1.165, 1.54) is 19.3 Å². The topological polar surface area (TPSA) is 75.9 Å². The van der Waals surface area contributed by atoms with Crippen LogP contribution in [0.15, 0.2) is 24.5 Å². The molecule has 23 heavy (non-hydrogen) atoms. The molecule has 122 valence electrons. The quantitative estimate of drug-likeness (QED) is 0.900. The molecule has 1 fully saturated rings. The Hall–Kier alpha value is -2.44. The smallest absolute Gasteiger partial charge is 0.242 e. The van der Waals surface area contributed by atoms with Crippen LogP contribution in [0.1, 0.15) is 30.8 Å². The number of piperidine rings is 1. The molecule has 3 heterocycles.